The van der Waals surface area contributed by atoms with Crippen molar-refractivity contribution in [1.82, 2.24) is 0 Å². The number of nitrogens with zero attached hydrogens (tertiary/aromatic N) is 1. The van der Waals surface area contributed by atoms with Gasteiger partial charge >= 0.3 is 5.97 Å². The second kappa shape index (κ2) is 4.94. The summed E-state index contributed by atoms with van der Waals surface area (Å²) in [6.07, 6.45) is 0.476. The average molecular weight is 219 g/mol. The van der Waals surface area contributed by atoms with Crippen LogP contribution in [0.1, 0.15) is 33.2 Å². The smallest absolute Gasteiger partial charge is 0.339 e. The highest BCUT2D eigenvalue weighted by Crippen LogP contribution is 2.22. The Balaban J connectivity index is 3.35. The highest BCUT2D eigenvalue weighted by Gasteiger charge is 2.17. The molecule has 0 bridgehead atoms. The fraction of sp³-hybridized carbons (Fsp3) is 0.182. The lowest BCUT2D eigenvalue weighted by Crippen LogP contribution is -2.08. The van der Waals surface area contributed by atoms with E-state index in [-0.39, 0.29) is 23.3 Å². The molecule has 0 saturated carbocycles. The Kier molecular flexibility index (Phi) is 3.62. The summed E-state index contributed by atoms with van der Waals surface area (Å²) in [6, 6.07) is 4.02. The largest absolute Gasteiger partial charge is 0.507 e. The van der Waals surface area contributed by atoms with Crippen molar-refractivity contribution < 1.29 is 19.4 Å². The van der Waals surface area contributed by atoms with Gasteiger partial charge in [-0.2, -0.15) is 5.26 Å². The molecule has 0 aliphatic carbocycles. The highest BCUT2D eigenvalue weighted by atomic mass is 16.5. The van der Waals surface area contributed by atoms with Gasteiger partial charge in [-0.3, -0.25) is 4.79 Å². The van der Waals surface area contributed by atoms with E-state index in [0.29, 0.717) is 6.29 Å². The summed E-state index contributed by atoms with van der Waals surface area (Å²) in [5.41, 5.74) is -0.185. The van der Waals surface area contributed by atoms with E-state index in [9.17, 15) is 14.7 Å². The zero-order chi connectivity index (χ0) is 12.1. The molecule has 0 fully saturated rings. The maximum Gasteiger partial charge on any atom is 0.339 e. The third kappa shape index (κ3) is 2.17. The minimum atomic E-state index is -0.738. The molecule has 0 unspecified atom stereocenters. The van der Waals surface area contributed by atoms with Gasteiger partial charge in [-0.05, 0) is 19.1 Å². The van der Waals surface area contributed by atoms with Gasteiger partial charge in [0.1, 0.15) is 23.7 Å². The molecule has 16 heavy (non-hydrogen) atoms. The molecular weight excluding hydrogens is 210 g/mol. The number of hydrogen-bond donors (Lipinski definition) is 1. The van der Waals surface area contributed by atoms with Crippen LogP contribution >= 0.6 is 0 Å². The molecular formula is C11H9NO4. The third-order valence-corrected chi connectivity index (χ3v) is 1.88. The van der Waals surface area contributed by atoms with E-state index in [1.807, 2.05) is 0 Å². The minimum Gasteiger partial charge on any atom is -0.507 e. The Morgan fingerprint density at radius 3 is 2.81 bits per heavy atom. The Morgan fingerprint density at radius 1 is 1.62 bits per heavy atom. The first-order chi connectivity index (χ1) is 7.63. The van der Waals surface area contributed by atoms with Crippen molar-refractivity contribution in [2.45, 2.75) is 6.92 Å². The van der Waals surface area contributed by atoms with Gasteiger partial charge in [-0.25, -0.2) is 4.79 Å². The predicted octanol–water partition coefficient (Wildman–Crippen LogP) is 1.25. The lowest BCUT2D eigenvalue weighted by Gasteiger charge is -2.06. The van der Waals surface area contributed by atoms with Gasteiger partial charge in [0, 0.05) is 5.56 Å². The zero-order valence-corrected chi connectivity index (χ0v) is 8.56. The monoisotopic (exact) mass is 219 g/mol. The number of aldehydes is 1. The van der Waals surface area contributed by atoms with Crippen molar-refractivity contribution in [1.29, 1.82) is 5.26 Å². The molecule has 82 valence electrons. The molecule has 1 aromatic carbocycles. The number of phenols is 1. The SMILES string of the molecule is CCOC(=O)c1cc(C=O)cc(O)c1C#N. The number of benzene rings is 1. The quantitative estimate of drug-likeness (QED) is 0.610. The van der Waals surface area contributed by atoms with Crippen molar-refractivity contribution in [2.24, 2.45) is 0 Å². The van der Waals surface area contributed by atoms with Crippen molar-refractivity contribution in [3.63, 3.8) is 0 Å². The van der Waals surface area contributed by atoms with E-state index >= 15 is 0 Å². The fourth-order valence-corrected chi connectivity index (χ4v) is 1.20. The summed E-state index contributed by atoms with van der Waals surface area (Å²) in [5.74, 6) is -1.15. The molecule has 5 heteroatoms. The van der Waals surface area contributed by atoms with Crippen molar-refractivity contribution in [2.75, 3.05) is 6.61 Å². The lowest BCUT2D eigenvalue weighted by atomic mass is 10.0. The molecule has 0 amide bonds. The predicted molar refractivity (Wildman–Crippen MR) is 54.2 cm³/mol. The lowest BCUT2D eigenvalue weighted by molar-refractivity contribution is 0.0525. The van der Waals surface area contributed by atoms with Crippen LogP contribution in [0.5, 0.6) is 5.75 Å². The molecule has 1 aromatic rings. The van der Waals surface area contributed by atoms with Crippen molar-refractivity contribution in [3.8, 4) is 11.8 Å². The van der Waals surface area contributed by atoms with Gasteiger partial charge in [0.15, 0.2) is 0 Å². The molecule has 0 heterocycles. The normalized spacial score (nSPS) is 9.25. The van der Waals surface area contributed by atoms with Gasteiger partial charge in [0.05, 0.1) is 12.2 Å². The Morgan fingerprint density at radius 2 is 2.31 bits per heavy atom. The second-order valence-electron chi connectivity index (χ2n) is 2.91. The first kappa shape index (κ1) is 11.7. The van der Waals surface area contributed by atoms with Crippen LogP contribution < -0.4 is 0 Å². The van der Waals surface area contributed by atoms with Gasteiger partial charge in [0.25, 0.3) is 0 Å². The molecule has 0 aromatic heterocycles. The maximum absolute atomic E-state index is 11.4. The number of ether oxygens (including phenoxy) is 1. The fourth-order valence-electron chi connectivity index (χ4n) is 1.20. The van der Waals surface area contributed by atoms with E-state index in [1.54, 1.807) is 13.0 Å². The van der Waals surface area contributed by atoms with Gasteiger partial charge in [-0.1, -0.05) is 0 Å². The van der Waals surface area contributed by atoms with Crippen LogP contribution in [0.2, 0.25) is 0 Å². The third-order valence-electron chi connectivity index (χ3n) is 1.88. The van der Waals surface area contributed by atoms with E-state index < -0.39 is 11.7 Å². The number of phenolic OH excluding ortho intramolecular Hbond substituents is 1. The summed E-state index contributed by atoms with van der Waals surface area (Å²) in [4.78, 5) is 22.0. The number of carbonyl (C=O) groups is 2. The van der Waals surface area contributed by atoms with Crippen LogP contribution in [0, 0.1) is 11.3 Å². The van der Waals surface area contributed by atoms with Crippen molar-refractivity contribution >= 4 is 12.3 Å². The Bertz CT molecular complexity index is 474. The Labute approximate surface area is 91.9 Å². The second-order valence-corrected chi connectivity index (χ2v) is 2.91. The standard InChI is InChI=1S/C11H9NO4/c1-2-16-11(15)8-3-7(6-13)4-10(14)9(8)5-12/h3-4,6,14H,2H2,1H3. The van der Waals surface area contributed by atoms with Crippen LogP contribution in [0.3, 0.4) is 0 Å². The maximum atomic E-state index is 11.4. The zero-order valence-electron chi connectivity index (χ0n) is 8.56. The van der Waals surface area contributed by atoms with E-state index in [1.165, 1.54) is 6.07 Å². The van der Waals surface area contributed by atoms with E-state index in [0.717, 1.165) is 6.07 Å². The molecule has 0 spiro atoms. The van der Waals surface area contributed by atoms with Crippen molar-refractivity contribution in [3.05, 3.63) is 28.8 Å². The summed E-state index contributed by atoms with van der Waals surface area (Å²) in [5, 5.41) is 18.2. The number of nitriles is 1. The molecule has 0 aliphatic rings. The van der Waals surface area contributed by atoms with Crippen LogP contribution in [-0.4, -0.2) is 24.0 Å². The summed E-state index contributed by atoms with van der Waals surface area (Å²) in [7, 11) is 0. The van der Waals surface area contributed by atoms with Crippen LogP contribution in [0.25, 0.3) is 0 Å². The van der Waals surface area contributed by atoms with E-state index in [2.05, 4.69) is 0 Å². The first-order valence-electron chi connectivity index (χ1n) is 4.53. The van der Waals surface area contributed by atoms with Crippen LogP contribution in [0.15, 0.2) is 12.1 Å². The van der Waals surface area contributed by atoms with Gasteiger partial charge in [-0.15, -0.1) is 0 Å². The first-order valence-corrected chi connectivity index (χ1v) is 4.53. The summed E-state index contributed by atoms with van der Waals surface area (Å²) in [6.45, 7) is 1.77. The molecule has 0 atom stereocenters. The number of aromatic hydroxyl groups is 1. The molecule has 1 N–H and O–H groups in total. The average Bonchev–Trinajstić information content (AvgIpc) is 2.28. The summed E-state index contributed by atoms with van der Waals surface area (Å²) < 4.78 is 4.71. The molecule has 0 radical (unpaired) electrons. The number of rotatable bonds is 3. The van der Waals surface area contributed by atoms with Crippen LogP contribution in [0.4, 0.5) is 0 Å². The number of hydrogen-bond acceptors (Lipinski definition) is 5. The molecule has 0 aliphatic heterocycles. The van der Waals surface area contributed by atoms with Gasteiger partial charge < -0.3 is 9.84 Å². The Hall–Kier alpha value is -2.35. The number of carbonyl (C=O) groups excluding carboxylic acids is 2. The van der Waals surface area contributed by atoms with E-state index in [4.69, 9.17) is 10.00 Å². The molecule has 1 rings (SSSR count). The minimum absolute atomic E-state index is 0.105. The molecule has 0 saturated heterocycles. The number of esters is 1. The van der Waals surface area contributed by atoms with Gasteiger partial charge in [0.2, 0.25) is 0 Å². The molecule has 5 nitrogen and oxygen atoms in total. The summed E-state index contributed by atoms with van der Waals surface area (Å²) >= 11 is 0. The topological polar surface area (TPSA) is 87.4 Å². The highest BCUT2D eigenvalue weighted by molar-refractivity contribution is 5.95. The van der Waals surface area contributed by atoms with Crippen LogP contribution in [-0.2, 0) is 4.74 Å².